The van der Waals surface area contributed by atoms with E-state index in [4.69, 9.17) is 5.73 Å². The van der Waals surface area contributed by atoms with Crippen LogP contribution in [0.5, 0.6) is 0 Å². The van der Waals surface area contributed by atoms with Crippen LogP contribution in [0.1, 0.15) is 32.6 Å². The predicted octanol–water partition coefficient (Wildman–Crippen LogP) is 1.23. The van der Waals surface area contributed by atoms with Gasteiger partial charge in [0.2, 0.25) is 5.91 Å². The summed E-state index contributed by atoms with van der Waals surface area (Å²) in [4.78, 5) is 14.0. The van der Waals surface area contributed by atoms with Gasteiger partial charge >= 0.3 is 0 Å². The minimum atomic E-state index is 0.101. The molecule has 0 aromatic rings. The van der Waals surface area contributed by atoms with Crippen LogP contribution in [0.4, 0.5) is 0 Å². The van der Waals surface area contributed by atoms with Crippen LogP contribution in [-0.2, 0) is 4.79 Å². The Balaban J connectivity index is 1.83. The number of nitrogens with zero attached hydrogens (tertiary/aromatic N) is 1. The third-order valence-electron chi connectivity index (χ3n) is 4.05. The van der Waals surface area contributed by atoms with Crippen molar-refractivity contribution in [3.05, 3.63) is 0 Å². The molecule has 0 aromatic heterocycles. The van der Waals surface area contributed by atoms with Gasteiger partial charge in [-0.3, -0.25) is 4.79 Å². The van der Waals surface area contributed by atoms with Crippen LogP contribution in [-0.4, -0.2) is 30.4 Å². The number of nitrogens with two attached hydrogens (primary N) is 1. The molecule has 3 nitrogen and oxygen atoms in total. The lowest BCUT2D eigenvalue weighted by atomic mass is 10.0. The highest BCUT2D eigenvalue weighted by atomic mass is 16.2. The van der Waals surface area contributed by atoms with E-state index in [2.05, 4.69) is 6.92 Å². The molecule has 4 atom stereocenters. The molecule has 0 radical (unpaired) electrons. The number of hydrogen-bond acceptors (Lipinski definition) is 2. The molecule has 1 amide bonds. The molecule has 15 heavy (non-hydrogen) atoms. The zero-order chi connectivity index (χ0) is 11.0. The first kappa shape index (κ1) is 10.9. The van der Waals surface area contributed by atoms with Gasteiger partial charge in [0, 0.05) is 19.6 Å². The van der Waals surface area contributed by atoms with Crippen molar-refractivity contribution in [2.24, 2.45) is 23.5 Å². The molecule has 0 aromatic carbocycles. The molecule has 2 aliphatic carbocycles. The molecular weight excluding hydrogens is 188 g/mol. The van der Waals surface area contributed by atoms with E-state index in [0.29, 0.717) is 0 Å². The van der Waals surface area contributed by atoms with Gasteiger partial charge in [0.25, 0.3) is 0 Å². The highest BCUT2D eigenvalue weighted by Gasteiger charge is 2.37. The Bertz CT molecular complexity index is 254. The van der Waals surface area contributed by atoms with E-state index < -0.39 is 0 Å². The first-order chi connectivity index (χ1) is 7.09. The fourth-order valence-corrected chi connectivity index (χ4v) is 2.67. The molecule has 2 aliphatic rings. The predicted molar refractivity (Wildman–Crippen MR) is 60.2 cm³/mol. The summed E-state index contributed by atoms with van der Waals surface area (Å²) < 4.78 is 0. The molecule has 4 unspecified atom stereocenters. The number of carbonyl (C=O) groups excluding carboxylic acids is 1. The van der Waals surface area contributed by atoms with Crippen molar-refractivity contribution in [2.45, 2.75) is 38.6 Å². The molecular formula is C12H22N2O. The van der Waals surface area contributed by atoms with Crippen molar-refractivity contribution in [2.75, 3.05) is 13.6 Å². The summed E-state index contributed by atoms with van der Waals surface area (Å²) >= 11 is 0. The summed E-state index contributed by atoms with van der Waals surface area (Å²) in [5.74, 6) is 1.94. The fourth-order valence-electron chi connectivity index (χ4n) is 2.67. The van der Waals surface area contributed by atoms with E-state index in [0.717, 1.165) is 37.6 Å². The Morgan fingerprint density at radius 2 is 2.13 bits per heavy atom. The summed E-state index contributed by atoms with van der Waals surface area (Å²) in [5, 5.41) is 0. The molecule has 2 fully saturated rings. The van der Waals surface area contributed by atoms with Crippen molar-refractivity contribution in [1.82, 2.24) is 4.90 Å². The smallest absolute Gasteiger partial charge is 0.226 e. The standard InChI is InChI=1S/C12H22N2O/c1-8-6-9(8)7-14(2)12(15)10-4-3-5-11(10)13/h8-11H,3-7,13H2,1-2H3. The quantitative estimate of drug-likeness (QED) is 0.761. The number of hydrogen-bond donors (Lipinski definition) is 1. The Hall–Kier alpha value is -0.570. The summed E-state index contributed by atoms with van der Waals surface area (Å²) in [5.41, 5.74) is 5.94. The lowest BCUT2D eigenvalue weighted by Gasteiger charge is -2.23. The Kier molecular flexibility index (Phi) is 3.01. The van der Waals surface area contributed by atoms with Gasteiger partial charge in [-0.05, 0) is 31.1 Å². The average molecular weight is 210 g/mol. The minimum absolute atomic E-state index is 0.101. The molecule has 3 heteroatoms. The van der Waals surface area contributed by atoms with Crippen LogP contribution in [0.3, 0.4) is 0 Å². The van der Waals surface area contributed by atoms with Gasteiger partial charge in [-0.1, -0.05) is 13.3 Å². The summed E-state index contributed by atoms with van der Waals surface area (Å²) in [6.45, 7) is 3.19. The third-order valence-corrected chi connectivity index (χ3v) is 4.05. The lowest BCUT2D eigenvalue weighted by Crippen LogP contribution is -2.40. The Morgan fingerprint density at radius 3 is 2.60 bits per heavy atom. The van der Waals surface area contributed by atoms with E-state index in [9.17, 15) is 4.79 Å². The first-order valence-corrected chi connectivity index (χ1v) is 6.10. The molecule has 2 saturated carbocycles. The third kappa shape index (κ3) is 2.33. The number of rotatable bonds is 3. The first-order valence-electron chi connectivity index (χ1n) is 6.10. The second-order valence-corrected chi connectivity index (χ2v) is 5.39. The molecule has 0 saturated heterocycles. The van der Waals surface area contributed by atoms with Gasteiger partial charge in [0.05, 0.1) is 5.92 Å². The molecule has 0 heterocycles. The van der Waals surface area contributed by atoms with Gasteiger partial charge in [-0.2, -0.15) is 0 Å². The monoisotopic (exact) mass is 210 g/mol. The van der Waals surface area contributed by atoms with Crippen molar-refractivity contribution in [3.63, 3.8) is 0 Å². The molecule has 86 valence electrons. The molecule has 0 bridgehead atoms. The second kappa shape index (κ2) is 4.12. The van der Waals surface area contributed by atoms with Crippen LogP contribution in [0, 0.1) is 17.8 Å². The van der Waals surface area contributed by atoms with Crippen LogP contribution in [0.25, 0.3) is 0 Å². The summed E-state index contributed by atoms with van der Waals surface area (Å²) in [6, 6.07) is 0.108. The average Bonchev–Trinajstić information content (AvgIpc) is 2.72. The SMILES string of the molecule is CC1CC1CN(C)C(=O)C1CCCC1N. The summed E-state index contributed by atoms with van der Waals surface area (Å²) in [6.07, 6.45) is 4.41. The number of carbonyl (C=O) groups is 1. The van der Waals surface area contributed by atoms with E-state index >= 15 is 0 Å². The maximum Gasteiger partial charge on any atom is 0.226 e. The van der Waals surface area contributed by atoms with E-state index in [-0.39, 0.29) is 17.9 Å². The van der Waals surface area contributed by atoms with Crippen LogP contribution in [0.15, 0.2) is 0 Å². The van der Waals surface area contributed by atoms with Crippen molar-refractivity contribution in [1.29, 1.82) is 0 Å². The van der Waals surface area contributed by atoms with Crippen LogP contribution in [0.2, 0.25) is 0 Å². The highest BCUT2D eigenvalue weighted by Crippen LogP contribution is 2.38. The fraction of sp³-hybridized carbons (Fsp3) is 0.917. The second-order valence-electron chi connectivity index (χ2n) is 5.39. The Morgan fingerprint density at radius 1 is 1.47 bits per heavy atom. The van der Waals surface area contributed by atoms with Gasteiger partial charge in [-0.15, -0.1) is 0 Å². The molecule has 0 spiro atoms. The maximum absolute atomic E-state index is 12.1. The van der Waals surface area contributed by atoms with E-state index in [1.807, 2.05) is 11.9 Å². The van der Waals surface area contributed by atoms with E-state index in [1.165, 1.54) is 6.42 Å². The zero-order valence-corrected chi connectivity index (χ0v) is 9.78. The van der Waals surface area contributed by atoms with E-state index in [1.54, 1.807) is 0 Å². The maximum atomic E-state index is 12.1. The zero-order valence-electron chi connectivity index (χ0n) is 9.78. The van der Waals surface area contributed by atoms with Gasteiger partial charge < -0.3 is 10.6 Å². The largest absolute Gasteiger partial charge is 0.345 e. The molecule has 0 aliphatic heterocycles. The van der Waals surface area contributed by atoms with Crippen molar-refractivity contribution >= 4 is 5.91 Å². The highest BCUT2D eigenvalue weighted by molar-refractivity contribution is 5.79. The van der Waals surface area contributed by atoms with Crippen molar-refractivity contribution in [3.8, 4) is 0 Å². The normalized spacial score (nSPS) is 39.1. The van der Waals surface area contributed by atoms with Gasteiger partial charge in [0.15, 0.2) is 0 Å². The molecule has 2 N–H and O–H groups in total. The van der Waals surface area contributed by atoms with Crippen LogP contribution < -0.4 is 5.73 Å². The lowest BCUT2D eigenvalue weighted by molar-refractivity contribution is -0.134. The van der Waals surface area contributed by atoms with Gasteiger partial charge in [0.1, 0.15) is 0 Å². The van der Waals surface area contributed by atoms with Crippen LogP contribution >= 0.6 is 0 Å². The Labute approximate surface area is 92.0 Å². The number of amides is 1. The minimum Gasteiger partial charge on any atom is -0.345 e. The summed E-state index contributed by atoms with van der Waals surface area (Å²) in [7, 11) is 1.93. The molecule has 2 rings (SSSR count). The van der Waals surface area contributed by atoms with Crippen molar-refractivity contribution < 1.29 is 4.79 Å². The van der Waals surface area contributed by atoms with Gasteiger partial charge in [-0.25, -0.2) is 0 Å². The topological polar surface area (TPSA) is 46.3 Å².